The summed E-state index contributed by atoms with van der Waals surface area (Å²) in [6.45, 7) is 3.71. The molecule has 18 heavy (non-hydrogen) atoms. The molecule has 2 atom stereocenters. The van der Waals surface area contributed by atoms with Crippen molar-refractivity contribution in [2.75, 3.05) is 7.05 Å². The van der Waals surface area contributed by atoms with Crippen LogP contribution in [0.15, 0.2) is 0 Å². The number of nitrogens with one attached hydrogen (secondary N) is 1. The molecular weight excluding hydrogens is 234 g/mol. The molecular formula is C12H21N3O3. The third-order valence-corrected chi connectivity index (χ3v) is 2.75. The number of rotatable bonds is 7. The second-order valence-electron chi connectivity index (χ2n) is 4.36. The van der Waals surface area contributed by atoms with Crippen molar-refractivity contribution in [1.82, 2.24) is 10.2 Å². The summed E-state index contributed by atoms with van der Waals surface area (Å²) in [5.41, 5.74) is 0. The molecule has 0 bridgehead atoms. The Bertz CT molecular complexity index is 325. The van der Waals surface area contributed by atoms with Gasteiger partial charge in [-0.2, -0.15) is 5.26 Å². The highest BCUT2D eigenvalue weighted by Gasteiger charge is 2.20. The molecule has 0 spiro atoms. The van der Waals surface area contributed by atoms with Crippen LogP contribution in [-0.2, 0) is 4.79 Å². The zero-order valence-electron chi connectivity index (χ0n) is 11.1. The molecule has 0 fully saturated rings. The topological polar surface area (TPSA) is 93.4 Å². The molecule has 2 amide bonds. The zero-order chi connectivity index (χ0) is 14.1. The van der Waals surface area contributed by atoms with Crippen molar-refractivity contribution in [3.05, 3.63) is 0 Å². The average molecular weight is 255 g/mol. The first kappa shape index (κ1) is 16.2. The van der Waals surface area contributed by atoms with Gasteiger partial charge in [-0.3, -0.25) is 4.79 Å². The monoisotopic (exact) mass is 255 g/mol. The van der Waals surface area contributed by atoms with E-state index in [0.29, 0.717) is 6.42 Å². The van der Waals surface area contributed by atoms with Gasteiger partial charge in [-0.25, -0.2) is 4.79 Å². The van der Waals surface area contributed by atoms with Crippen LogP contribution in [0.1, 0.15) is 39.5 Å². The molecule has 0 rings (SSSR count). The van der Waals surface area contributed by atoms with Crippen LogP contribution >= 0.6 is 0 Å². The predicted octanol–water partition coefficient (Wildman–Crippen LogP) is 1.57. The van der Waals surface area contributed by atoms with Gasteiger partial charge in [-0.05, 0) is 13.3 Å². The van der Waals surface area contributed by atoms with Crippen LogP contribution in [0.25, 0.3) is 0 Å². The Labute approximate surface area is 108 Å². The van der Waals surface area contributed by atoms with Crippen molar-refractivity contribution in [3.63, 3.8) is 0 Å². The molecule has 102 valence electrons. The van der Waals surface area contributed by atoms with Gasteiger partial charge >= 0.3 is 12.0 Å². The van der Waals surface area contributed by atoms with Crippen molar-refractivity contribution >= 4 is 12.0 Å². The molecule has 0 aromatic rings. The zero-order valence-corrected chi connectivity index (χ0v) is 11.1. The molecule has 0 heterocycles. The third-order valence-electron chi connectivity index (χ3n) is 2.75. The number of carboxylic acid groups (broad SMARTS) is 1. The molecule has 6 heteroatoms. The predicted molar refractivity (Wildman–Crippen MR) is 66.9 cm³/mol. The summed E-state index contributed by atoms with van der Waals surface area (Å²) in [7, 11) is 1.60. The van der Waals surface area contributed by atoms with Gasteiger partial charge in [0.05, 0.1) is 18.9 Å². The van der Waals surface area contributed by atoms with Crippen LogP contribution in [0.2, 0.25) is 0 Å². The van der Waals surface area contributed by atoms with E-state index in [1.165, 1.54) is 4.90 Å². The van der Waals surface area contributed by atoms with Crippen molar-refractivity contribution in [2.24, 2.45) is 0 Å². The lowest BCUT2D eigenvalue weighted by Crippen LogP contribution is -2.47. The second kappa shape index (κ2) is 8.34. The largest absolute Gasteiger partial charge is 0.481 e. The first-order valence-electron chi connectivity index (χ1n) is 6.04. The highest BCUT2D eigenvalue weighted by molar-refractivity contribution is 5.76. The molecule has 6 nitrogen and oxygen atoms in total. The molecule has 2 N–H and O–H groups in total. The van der Waals surface area contributed by atoms with Gasteiger partial charge in [0.2, 0.25) is 0 Å². The Hall–Kier alpha value is -1.77. The molecule has 0 saturated carbocycles. The van der Waals surface area contributed by atoms with E-state index in [2.05, 4.69) is 5.32 Å². The summed E-state index contributed by atoms with van der Waals surface area (Å²) in [5.74, 6) is -0.929. The van der Waals surface area contributed by atoms with Gasteiger partial charge < -0.3 is 15.3 Å². The average Bonchev–Trinajstić information content (AvgIpc) is 2.27. The lowest BCUT2D eigenvalue weighted by atomic mass is 10.1. The molecule has 0 aromatic heterocycles. The van der Waals surface area contributed by atoms with Crippen LogP contribution in [0.4, 0.5) is 4.79 Å². The number of carboxylic acids is 1. The number of amides is 2. The molecule has 0 radical (unpaired) electrons. The molecule has 0 aromatic carbocycles. The maximum absolute atomic E-state index is 11.8. The Morgan fingerprint density at radius 1 is 1.50 bits per heavy atom. The minimum Gasteiger partial charge on any atom is -0.481 e. The van der Waals surface area contributed by atoms with Crippen molar-refractivity contribution < 1.29 is 14.7 Å². The summed E-state index contributed by atoms with van der Waals surface area (Å²) in [6, 6.07) is 1.11. The summed E-state index contributed by atoms with van der Waals surface area (Å²) >= 11 is 0. The van der Waals surface area contributed by atoms with Crippen LogP contribution in [0, 0.1) is 11.3 Å². The molecule has 0 aliphatic rings. The summed E-state index contributed by atoms with van der Waals surface area (Å²) in [5, 5.41) is 20.0. The van der Waals surface area contributed by atoms with E-state index < -0.39 is 5.97 Å². The van der Waals surface area contributed by atoms with E-state index in [-0.39, 0.29) is 31.0 Å². The third kappa shape index (κ3) is 6.09. The normalized spacial score (nSPS) is 13.2. The Morgan fingerprint density at radius 2 is 2.11 bits per heavy atom. The number of aliphatic carboxylic acids is 1. The number of nitriles is 1. The first-order valence-corrected chi connectivity index (χ1v) is 6.04. The smallest absolute Gasteiger partial charge is 0.317 e. The van der Waals surface area contributed by atoms with Gasteiger partial charge in [0.25, 0.3) is 0 Å². The Kier molecular flexibility index (Phi) is 7.52. The lowest BCUT2D eigenvalue weighted by molar-refractivity contribution is -0.137. The fraction of sp³-hybridized carbons (Fsp3) is 0.750. The number of carbonyl (C=O) groups is 2. The number of urea groups is 1. The maximum Gasteiger partial charge on any atom is 0.317 e. The van der Waals surface area contributed by atoms with E-state index in [1.807, 2.05) is 13.0 Å². The summed E-state index contributed by atoms with van der Waals surface area (Å²) in [4.78, 5) is 23.9. The van der Waals surface area contributed by atoms with Crippen molar-refractivity contribution in [2.45, 2.75) is 51.6 Å². The fourth-order valence-corrected chi connectivity index (χ4v) is 1.53. The quantitative estimate of drug-likeness (QED) is 0.722. The van der Waals surface area contributed by atoms with E-state index in [9.17, 15) is 9.59 Å². The maximum atomic E-state index is 11.8. The van der Waals surface area contributed by atoms with E-state index in [0.717, 1.165) is 6.42 Å². The number of carbonyl (C=O) groups excluding carboxylic acids is 1. The Morgan fingerprint density at radius 3 is 2.56 bits per heavy atom. The fourth-order valence-electron chi connectivity index (χ4n) is 1.53. The molecule has 0 aliphatic carbocycles. The van der Waals surface area contributed by atoms with E-state index in [4.69, 9.17) is 10.4 Å². The van der Waals surface area contributed by atoms with E-state index >= 15 is 0 Å². The van der Waals surface area contributed by atoms with Gasteiger partial charge in [-0.1, -0.05) is 13.3 Å². The van der Waals surface area contributed by atoms with Crippen LogP contribution < -0.4 is 5.32 Å². The minimum atomic E-state index is -0.929. The van der Waals surface area contributed by atoms with Gasteiger partial charge in [0.15, 0.2) is 0 Å². The SMILES string of the molecule is CCCC(CC(=O)O)NC(=O)N(C)C(C)CC#N. The second-order valence-corrected chi connectivity index (χ2v) is 4.36. The van der Waals surface area contributed by atoms with E-state index in [1.54, 1.807) is 14.0 Å². The van der Waals surface area contributed by atoms with Crippen molar-refractivity contribution in [3.8, 4) is 6.07 Å². The van der Waals surface area contributed by atoms with Crippen LogP contribution in [0.5, 0.6) is 0 Å². The number of hydrogen-bond acceptors (Lipinski definition) is 3. The standard InChI is InChI=1S/C12H21N3O3/c1-4-5-10(8-11(16)17)14-12(18)15(3)9(2)6-7-13/h9-10H,4-6,8H2,1-3H3,(H,14,18)(H,16,17). The van der Waals surface area contributed by atoms with Gasteiger partial charge in [0, 0.05) is 19.1 Å². The highest BCUT2D eigenvalue weighted by atomic mass is 16.4. The summed E-state index contributed by atoms with van der Waals surface area (Å²) < 4.78 is 0. The molecule has 0 aliphatic heterocycles. The van der Waals surface area contributed by atoms with Crippen LogP contribution in [-0.4, -0.2) is 41.1 Å². The first-order chi connectivity index (χ1) is 8.42. The van der Waals surface area contributed by atoms with Crippen molar-refractivity contribution in [1.29, 1.82) is 5.26 Å². The lowest BCUT2D eigenvalue weighted by Gasteiger charge is -2.26. The number of hydrogen-bond donors (Lipinski definition) is 2. The van der Waals surface area contributed by atoms with Gasteiger partial charge in [0.1, 0.15) is 0 Å². The molecule has 2 unspecified atom stereocenters. The van der Waals surface area contributed by atoms with Crippen LogP contribution in [0.3, 0.4) is 0 Å². The minimum absolute atomic E-state index is 0.0833. The number of nitrogens with zero attached hydrogens (tertiary/aromatic N) is 2. The van der Waals surface area contributed by atoms with Gasteiger partial charge in [-0.15, -0.1) is 0 Å². The molecule has 0 saturated heterocycles. The highest BCUT2D eigenvalue weighted by Crippen LogP contribution is 2.05. The Balaban J connectivity index is 4.40. The summed E-state index contributed by atoms with van der Waals surface area (Å²) in [6.07, 6.45) is 1.59.